The third-order valence-corrected chi connectivity index (χ3v) is 5.14. The van der Waals surface area contributed by atoms with E-state index in [1.54, 1.807) is 0 Å². The van der Waals surface area contributed by atoms with Crippen molar-refractivity contribution in [3.8, 4) is 0 Å². The summed E-state index contributed by atoms with van der Waals surface area (Å²) in [6.07, 6.45) is 1.75. The molecule has 0 bridgehead atoms. The molecule has 0 aliphatic carbocycles. The zero-order valence-corrected chi connectivity index (χ0v) is 24.3. The van der Waals surface area contributed by atoms with Crippen molar-refractivity contribution in [2.24, 2.45) is 0 Å². The van der Waals surface area contributed by atoms with Gasteiger partial charge in [0.05, 0.1) is 37.3 Å². The molecule has 0 spiro atoms. The van der Waals surface area contributed by atoms with Crippen molar-refractivity contribution in [2.75, 3.05) is 38.6 Å². The Morgan fingerprint density at radius 1 is 0.647 bits per heavy atom. The highest BCUT2D eigenvalue weighted by molar-refractivity contribution is 7.80. The number of rotatable bonds is 16. The highest BCUT2D eigenvalue weighted by Gasteiger charge is 2.26. The van der Waals surface area contributed by atoms with Gasteiger partial charge < -0.3 is 23.8 Å². The molecule has 7 nitrogen and oxygen atoms in total. The van der Waals surface area contributed by atoms with Crippen molar-refractivity contribution in [1.29, 1.82) is 0 Å². The van der Waals surface area contributed by atoms with E-state index in [1.165, 1.54) is 0 Å². The molecule has 0 aliphatic rings. The van der Waals surface area contributed by atoms with Crippen LogP contribution in [0, 0.1) is 0 Å². The topological polar surface area (TPSA) is 74.3 Å². The fraction of sp³-hybridized carbons (Fsp3) is 0.923. The molecule has 0 saturated carbocycles. The first kappa shape index (κ1) is 33.2. The van der Waals surface area contributed by atoms with Gasteiger partial charge in [0.2, 0.25) is 0 Å². The molecule has 0 unspecified atom stereocenters. The van der Waals surface area contributed by atoms with Crippen molar-refractivity contribution in [1.82, 2.24) is 4.90 Å². The van der Waals surface area contributed by atoms with Gasteiger partial charge in [-0.1, -0.05) is 0 Å². The van der Waals surface area contributed by atoms with Crippen LogP contribution in [0.15, 0.2) is 0 Å². The molecular weight excluding hydrogens is 454 g/mol. The average molecular weight is 506 g/mol. The minimum absolute atomic E-state index is 0.218. The molecule has 34 heavy (non-hydrogen) atoms. The van der Waals surface area contributed by atoms with Gasteiger partial charge in [-0.2, -0.15) is 12.6 Å². The zero-order chi connectivity index (χ0) is 26.6. The Hall–Kier alpha value is -0.830. The maximum atomic E-state index is 12.4. The van der Waals surface area contributed by atoms with E-state index in [0.29, 0.717) is 51.4 Å². The standard InChI is InChI=1S/C26H51NO6S/c1-23(2,3)30-18-13-25(7,8)32-21(28)11-15-27(17-20-34)16-12-22(29)33-26(9,10)14-19-31-24(4,5)6/h34H,11-20H2,1-10H3. The highest BCUT2D eigenvalue weighted by atomic mass is 32.1. The lowest BCUT2D eigenvalue weighted by molar-refractivity contribution is -0.159. The molecule has 0 amide bonds. The summed E-state index contributed by atoms with van der Waals surface area (Å²) >= 11 is 4.31. The average Bonchev–Trinajstić information content (AvgIpc) is 2.60. The van der Waals surface area contributed by atoms with Crippen LogP contribution in [0.2, 0.25) is 0 Å². The predicted molar refractivity (Wildman–Crippen MR) is 141 cm³/mol. The molecule has 0 radical (unpaired) electrons. The van der Waals surface area contributed by atoms with Crippen molar-refractivity contribution < 1.29 is 28.5 Å². The molecular formula is C26H51NO6S. The maximum Gasteiger partial charge on any atom is 0.307 e. The molecule has 0 aromatic heterocycles. The van der Waals surface area contributed by atoms with Crippen LogP contribution in [0.25, 0.3) is 0 Å². The van der Waals surface area contributed by atoms with Crippen LogP contribution in [-0.4, -0.2) is 77.8 Å². The second-order valence-corrected chi connectivity index (χ2v) is 12.4. The molecule has 0 atom stereocenters. The molecule has 0 rings (SSSR count). The molecule has 0 heterocycles. The second-order valence-electron chi connectivity index (χ2n) is 12.0. The first-order valence-electron chi connectivity index (χ1n) is 12.4. The van der Waals surface area contributed by atoms with Crippen molar-refractivity contribution >= 4 is 24.6 Å². The van der Waals surface area contributed by atoms with Crippen LogP contribution in [-0.2, 0) is 28.5 Å². The number of esters is 2. The molecule has 0 fully saturated rings. The van der Waals surface area contributed by atoms with Crippen molar-refractivity contribution in [3.05, 3.63) is 0 Å². The fourth-order valence-electron chi connectivity index (χ4n) is 3.00. The Kier molecular flexibility index (Phi) is 14.3. The van der Waals surface area contributed by atoms with E-state index in [-0.39, 0.29) is 36.0 Å². The summed E-state index contributed by atoms with van der Waals surface area (Å²) in [5, 5.41) is 0. The van der Waals surface area contributed by atoms with Crippen LogP contribution < -0.4 is 0 Å². The molecule has 202 valence electrons. The molecule has 0 N–H and O–H groups in total. The fourth-order valence-corrected chi connectivity index (χ4v) is 3.28. The van der Waals surface area contributed by atoms with Crippen LogP contribution in [0.3, 0.4) is 0 Å². The Labute approximate surface area is 214 Å². The van der Waals surface area contributed by atoms with Crippen LogP contribution in [0.5, 0.6) is 0 Å². The van der Waals surface area contributed by atoms with E-state index in [4.69, 9.17) is 18.9 Å². The summed E-state index contributed by atoms with van der Waals surface area (Å²) in [5.74, 6) is 0.120. The van der Waals surface area contributed by atoms with Gasteiger partial charge in [0.1, 0.15) is 11.2 Å². The molecule has 0 aliphatic heterocycles. The van der Waals surface area contributed by atoms with Gasteiger partial charge in [-0.25, -0.2) is 0 Å². The largest absolute Gasteiger partial charge is 0.460 e. The van der Waals surface area contributed by atoms with Gasteiger partial charge in [0.15, 0.2) is 0 Å². The summed E-state index contributed by atoms with van der Waals surface area (Å²) in [5.41, 5.74) is -1.63. The third-order valence-electron chi connectivity index (χ3n) is 4.94. The summed E-state index contributed by atoms with van der Waals surface area (Å²) in [4.78, 5) is 26.9. The van der Waals surface area contributed by atoms with Crippen molar-refractivity contribution in [3.63, 3.8) is 0 Å². The zero-order valence-electron chi connectivity index (χ0n) is 23.4. The lowest BCUT2D eigenvalue weighted by Gasteiger charge is -2.29. The number of hydrogen-bond donors (Lipinski definition) is 1. The molecule has 0 aromatic rings. The van der Waals surface area contributed by atoms with E-state index < -0.39 is 11.2 Å². The van der Waals surface area contributed by atoms with Gasteiger partial charge in [-0.15, -0.1) is 0 Å². The first-order valence-corrected chi connectivity index (χ1v) is 13.0. The van der Waals surface area contributed by atoms with E-state index in [1.807, 2.05) is 74.1 Å². The van der Waals surface area contributed by atoms with Crippen LogP contribution >= 0.6 is 12.6 Å². The third kappa shape index (κ3) is 19.5. The minimum Gasteiger partial charge on any atom is -0.460 e. The first-order chi connectivity index (χ1) is 15.3. The Balaban J connectivity index is 4.46. The number of ether oxygens (including phenoxy) is 4. The number of carbonyl (C=O) groups is 2. The summed E-state index contributed by atoms with van der Waals surface area (Å²) in [6.45, 7) is 22.3. The van der Waals surface area contributed by atoms with Crippen LogP contribution in [0.1, 0.15) is 94.9 Å². The summed E-state index contributed by atoms with van der Waals surface area (Å²) in [7, 11) is 0. The van der Waals surface area contributed by atoms with Gasteiger partial charge in [0, 0.05) is 38.2 Å². The quantitative estimate of drug-likeness (QED) is 0.232. The van der Waals surface area contributed by atoms with E-state index in [2.05, 4.69) is 12.6 Å². The molecule has 0 saturated heterocycles. The lowest BCUT2D eigenvalue weighted by atomic mass is 10.1. The summed E-state index contributed by atoms with van der Waals surface area (Å²) in [6, 6.07) is 0. The smallest absolute Gasteiger partial charge is 0.307 e. The van der Waals surface area contributed by atoms with E-state index in [0.717, 1.165) is 0 Å². The van der Waals surface area contributed by atoms with Gasteiger partial charge in [0.25, 0.3) is 0 Å². The van der Waals surface area contributed by atoms with E-state index in [9.17, 15) is 9.59 Å². The van der Waals surface area contributed by atoms with Gasteiger partial charge in [-0.3, -0.25) is 9.59 Å². The molecule has 8 heteroatoms. The number of nitrogens with zero attached hydrogens (tertiary/aromatic N) is 1. The predicted octanol–water partition coefficient (Wildman–Crippen LogP) is 5.05. The Bertz CT molecular complexity index is 557. The Morgan fingerprint density at radius 2 is 1.00 bits per heavy atom. The normalized spacial score (nSPS) is 13.3. The number of thiol groups is 1. The second kappa shape index (κ2) is 14.7. The minimum atomic E-state index is -0.594. The number of carbonyl (C=O) groups excluding carboxylic acids is 2. The Morgan fingerprint density at radius 3 is 1.29 bits per heavy atom. The summed E-state index contributed by atoms with van der Waals surface area (Å²) < 4.78 is 22.8. The van der Waals surface area contributed by atoms with Crippen molar-refractivity contribution in [2.45, 2.75) is 117 Å². The lowest BCUT2D eigenvalue weighted by Crippen LogP contribution is -2.36. The van der Waals surface area contributed by atoms with Gasteiger partial charge in [-0.05, 0) is 69.2 Å². The highest BCUT2D eigenvalue weighted by Crippen LogP contribution is 2.19. The van der Waals surface area contributed by atoms with E-state index >= 15 is 0 Å². The SMILES string of the molecule is CC(C)(C)OCCC(C)(C)OC(=O)CCN(CCS)CCC(=O)OC(C)(C)CCOC(C)(C)C. The monoisotopic (exact) mass is 505 g/mol. The number of hydrogen-bond acceptors (Lipinski definition) is 8. The van der Waals surface area contributed by atoms with Crippen LogP contribution in [0.4, 0.5) is 0 Å². The maximum absolute atomic E-state index is 12.4. The molecule has 0 aromatic carbocycles. The van der Waals surface area contributed by atoms with Gasteiger partial charge >= 0.3 is 11.9 Å².